The molecular formula is C54H38N4. The second-order valence-corrected chi connectivity index (χ2v) is 15.2. The van der Waals surface area contributed by atoms with Gasteiger partial charge >= 0.3 is 0 Å². The summed E-state index contributed by atoms with van der Waals surface area (Å²) in [6.45, 7) is 4.34. The van der Waals surface area contributed by atoms with Crippen molar-refractivity contribution in [3.8, 4) is 56.4 Å². The molecule has 0 N–H and O–H groups in total. The quantitative estimate of drug-likeness (QED) is 0.170. The van der Waals surface area contributed by atoms with E-state index in [4.69, 9.17) is 9.97 Å². The third kappa shape index (κ3) is 5.61. The van der Waals surface area contributed by atoms with E-state index in [1.807, 2.05) is 24.3 Å². The lowest BCUT2D eigenvalue weighted by molar-refractivity contribution is 1.16. The molecule has 0 saturated carbocycles. The number of benzene rings is 8. The lowest BCUT2D eigenvalue weighted by Crippen LogP contribution is -2.00. The Balaban J connectivity index is 1.18. The topological polar surface area (TPSA) is 35.6 Å². The minimum absolute atomic E-state index is 0.698. The van der Waals surface area contributed by atoms with Crippen molar-refractivity contribution in [3.63, 3.8) is 0 Å². The van der Waals surface area contributed by atoms with Crippen LogP contribution in [0.1, 0.15) is 11.1 Å². The highest BCUT2D eigenvalue weighted by Gasteiger charge is 2.20. The standard InChI is InChI=1S/C54H38N4/c1-35-24-27-52-45(30-35)42-20-9-11-22-49(42)57(52)41-19-13-18-39(32-41)44-33-40(26-29-51(44)58-50-23-12-10-21-43(50)46-31-36(2)25-28-53(46)58)48-34-47(37-14-5-3-6-15-37)55-54(56-48)38-16-7-4-8-17-38/h3-34H,1-2H3. The van der Waals surface area contributed by atoms with E-state index in [0.717, 1.165) is 50.6 Å². The van der Waals surface area contributed by atoms with Crippen LogP contribution >= 0.6 is 0 Å². The van der Waals surface area contributed by atoms with E-state index in [2.05, 4.69) is 193 Å². The Morgan fingerprint density at radius 2 is 0.879 bits per heavy atom. The number of hydrogen-bond acceptors (Lipinski definition) is 2. The number of para-hydroxylation sites is 2. The van der Waals surface area contributed by atoms with E-state index >= 15 is 0 Å². The van der Waals surface area contributed by atoms with Gasteiger partial charge in [-0.15, -0.1) is 0 Å². The van der Waals surface area contributed by atoms with Crippen molar-refractivity contribution in [2.75, 3.05) is 0 Å². The highest BCUT2D eigenvalue weighted by Crippen LogP contribution is 2.40. The Labute approximate surface area is 337 Å². The van der Waals surface area contributed by atoms with Crippen LogP contribution in [0.5, 0.6) is 0 Å². The van der Waals surface area contributed by atoms with Gasteiger partial charge in [0.2, 0.25) is 0 Å². The van der Waals surface area contributed by atoms with Crippen LogP contribution in [0.3, 0.4) is 0 Å². The summed E-state index contributed by atoms with van der Waals surface area (Å²) in [6, 6.07) is 69.7. The Bertz CT molecular complexity index is 3300. The molecular weight excluding hydrogens is 705 g/mol. The number of aryl methyl sites for hydroxylation is 2. The summed E-state index contributed by atoms with van der Waals surface area (Å²) in [6.07, 6.45) is 0. The van der Waals surface area contributed by atoms with Gasteiger partial charge in [0, 0.05) is 49.5 Å². The SMILES string of the molecule is Cc1ccc2c(c1)c1ccccc1n2-c1cccc(-c2cc(-c3cc(-c4ccccc4)nc(-c4ccccc4)n3)ccc2-n2c3ccccc3c3cc(C)ccc32)c1. The molecule has 0 atom stereocenters. The molecule has 4 heteroatoms. The summed E-state index contributed by atoms with van der Waals surface area (Å²) in [5, 5.41) is 5.00. The van der Waals surface area contributed by atoms with Gasteiger partial charge in [-0.2, -0.15) is 0 Å². The van der Waals surface area contributed by atoms with E-state index in [0.29, 0.717) is 5.82 Å². The molecule has 0 spiro atoms. The van der Waals surface area contributed by atoms with E-state index in [9.17, 15) is 0 Å². The van der Waals surface area contributed by atoms with Crippen molar-refractivity contribution >= 4 is 43.6 Å². The fourth-order valence-electron chi connectivity index (χ4n) is 8.71. The number of nitrogens with zero attached hydrogens (tertiary/aromatic N) is 4. The third-order valence-electron chi connectivity index (χ3n) is 11.4. The van der Waals surface area contributed by atoms with Gasteiger partial charge in [0.05, 0.1) is 39.1 Å². The fraction of sp³-hybridized carbons (Fsp3) is 0.0370. The smallest absolute Gasteiger partial charge is 0.160 e. The van der Waals surface area contributed by atoms with E-state index < -0.39 is 0 Å². The monoisotopic (exact) mass is 742 g/mol. The van der Waals surface area contributed by atoms with Gasteiger partial charge in [0.15, 0.2) is 5.82 Å². The molecule has 8 aromatic carbocycles. The Morgan fingerprint density at radius 1 is 0.345 bits per heavy atom. The summed E-state index contributed by atoms with van der Waals surface area (Å²) < 4.78 is 4.84. The molecule has 3 aromatic heterocycles. The molecule has 0 bridgehead atoms. The number of aromatic nitrogens is 4. The van der Waals surface area contributed by atoms with E-state index in [1.165, 1.54) is 54.7 Å². The molecule has 274 valence electrons. The summed E-state index contributed by atoms with van der Waals surface area (Å²) in [4.78, 5) is 10.3. The molecule has 11 rings (SSSR count). The lowest BCUT2D eigenvalue weighted by atomic mass is 9.97. The van der Waals surface area contributed by atoms with E-state index in [1.54, 1.807) is 0 Å². The molecule has 0 aliphatic rings. The normalized spacial score (nSPS) is 11.6. The van der Waals surface area contributed by atoms with Gasteiger partial charge in [0.25, 0.3) is 0 Å². The second-order valence-electron chi connectivity index (χ2n) is 15.2. The first-order valence-corrected chi connectivity index (χ1v) is 19.8. The first-order valence-electron chi connectivity index (χ1n) is 19.8. The van der Waals surface area contributed by atoms with Crippen molar-refractivity contribution < 1.29 is 0 Å². The van der Waals surface area contributed by atoms with Crippen molar-refractivity contribution in [3.05, 3.63) is 205 Å². The first kappa shape index (κ1) is 33.8. The number of fused-ring (bicyclic) bond motifs is 6. The maximum atomic E-state index is 5.25. The van der Waals surface area contributed by atoms with Crippen molar-refractivity contribution in [2.24, 2.45) is 0 Å². The Hall–Kier alpha value is -7.56. The zero-order valence-corrected chi connectivity index (χ0v) is 32.3. The Morgan fingerprint density at radius 3 is 1.55 bits per heavy atom. The van der Waals surface area contributed by atoms with Gasteiger partial charge < -0.3 is 9.13 Å². The van der Waals surface area contributed by atoms with Gasteiger partial charge in [-0.25, -0.2) is 9.97 Å². The third-order valence-corrected chi connectivity index (χ3v) is 11.4. The minimum Gasteiger partial charge on any atom is -0.309 e. The van der Waals surface area contributed by atoms with Gasteiger partial charge in [-0.3, -0.25) is 0 Å². The van der Waals surface area contributed by atoms with Crippen molar-refractivity contribution in [1.82, 2.24) is 19.1 Å². The molecule has 0 radical (unpaired) electrons. The molecule has 0 aliphatic carbocycles. The molecule has 0 saturated heterocycles. The van der Waals surface area contributed by atoms with Crippen molar-refractivity contribution in [2.45, 2.75) is 13.8 Å². The maximum Gasteiger partial charge on any atom is 0.160 e. The molecule has 0 aliphatic heterocycles. The van der Waals surface area contributed by atoms with Crippen LogP contribution in [0, 0.1) is 13.8 Å². The van der Waals surface area contributed by atoms with Crippen LogP contribution in [0.2, 0.25) is 0 Å². The summed E-state index contributed by atoms with van der Waals surface area (Å²) in [7, 11) is 0. The van der Waals surface area contributed by atoms with Crippen LogP contribution < -0.4 is 0 Å². The highest BCUT2D eigenvalue weighted by atomic mass is 15.0. The predicted octanol–water partition coefficient (Wildman–Crippen LogP) is 14.0. The largest absolute Gasteiger partial charge is 0.309 e. The minimum atomic E-state index is 0.698. The summed E-state index contributed by atoms with van der Waals surface area (Å²) in [5.41, 5.74) is 16.5. The first-order chi connectivity index (χ1) is 28.6. The average Bonchev–Trinajstić information content (AvgIpc) is 3.78. The van der Waals surface area contributed by atoms with Crippen LogP contribution in [0.25, 0.3) is 100 Å². The van der Waals surface area contributed by atoms with Crippen LogP contribution in [0.15, 0.2) is 194 Å². The molecule has 3 heterocycles. The summed E-state index contributed by atoms with van der Waals surface area (Å²) in [5.74, 6) is 0.698. The fourth-order valence-corrected chi connectivity index (χ4v) is 8.71. The average molecular weight is 743 g/mol. The van der Waals surface area contributed by atoms with Gasteiger partial charge in [-0.05, 0) is 86.1 Å². The molecule has 4 nitrogen and oxygen atoms in total. The van der Waals surface area contributed by atoms with Crippen LogP contribution in [-0.4, -0.2) is 19.1 Å². The maximum absolute atomic E-state index is 5.25. The number of hydrogen-bond donors (Lipinski definition) is 0. The molecule has 0 fully saturated rings. The zero-order valence-electron chi connectivity index (χ0n) is 32.3. The number of rotatable bonds is 6. The van der Waals surface area contributed by atoms with Crippen molar-refractivity contribution in [1.29, 1.82) is 0 Å². The predicted molar refractivity (Wildman–Crippen MR) is 242 cm³/mol. The zero-order chi connectivity index (χ0) is 38.7. The summed E-state index contributed by atoms with van der Waals surface area (Å²) >= 11 is 0. The lowest BCUT2D eigenvalue weighted by Gasteiger charge is -2.18. The highest BCUT2D eigenvalue weighted by molar-refractivity contribution is 6.11. The van der Waals surface area contributed by atoms with Gasteiger partial charge in [0.1, 0.15) is 0 Å². The molecule has 58 heavy (non-hydrogen) atoms. The second kappa shape index (κ2) is 13.6. The van der Waals surface area contributed by atoms with Gasteiger partial charge in [-0.1, -0.05) is 139 Å². The van der Waals surface area contributed by atoms with Crippen LogP contribution in [0.4, 0.5) is 0 Å². The molecule has 0 unspecified atom stereocenters. The van der Waals surface area contributed by atoms with E-state index in [-0.39, 0.29) is 0 Å². The molecule has 0 amide bonds. The Kier molecular flexibility index (Phi) is 7.90. The molecule has 11 aromatic rings. The van der Waals surface area contributed by atoms with Crippen LogP contribution in [-0.2, 0) is 0 Å².